The van der Waals surface area contributed by atoms with Gasteiger partial charge < -0.3 is 10.5 Å². The van der Waals surface area contributed by atoms with Gasteiger partial charge in [0, 0.05) is 11.5 Å². The molecule has 2 N–H and O–H groups in total. The fraction of sp³-hybridized carbons (Fsp3) is 0.647. The predicted molar refractivity (Wildman–Crippen MR) is 86.5 cm³/mol. The Hall–Kier alpha value is -0.540. The van der Waals surface area contributed by atoms with Gasteiger partial charge in [0.05, 0.1) is 11.6 Å². The molecule has 2 aliphatic carbocycles. The molecule has 0 bridgehead atoms. The summed E-state index contributed by atoms with van der Waals surface area (Å²) in [5.74, 6) is 1.69. The van der Waals surface area contributed by atoms with Crippen molar-refractivity contribution in [3.05, 3.63) is 27.7 Å². The minimum Gasteiger partial charge on any atom is -0.495 e. The fourth-order valence-corrected chi connectivity index (χ4v) is 4.44. The van der Waals surface area contributed by atoms with Gasteiger partial charge in [-0.05, 0) is 71.6 Å². The molecule has 0 spiro atoms. The highest BCUT2D eigenvalue weighted by molar-refractivity contribution is 9.10. The first-order chi connectivity index (χ1) is 9.58. The van der Waals surface area contributed by atoms with Gasteiger partial charge in [-0.15, -0.1) is 0 Å². The molecule has 0 radical (unpaired) electrons. The quantitative estimate of drug-likeness (QED) is 0.878. The van der Waals surface area contributed by atoms with E-state index in [2.05, 4.69) is 35.0 Å². The van der Waals surface area contributed by atoms with Crippen LogP contribution in [0.15, 0.2) is 16.6 Å². The third-order valence-electron chi connectivity index (χ3n) is 5.31. The van der Waals surface area contributed by atoms with E-state index in [4.69, 9.17) is 10.5 Å². The van der Waals surface area contributed by atoms with Crippen LogP contribution < -0.4 is 10.5 Å². The number of hydrogen-bond acceptors (Lipinski definition) is 2. The molecule has 2 nitrogen and oxygen atoms in total. The molecule has 110 valence electrons. The molecule has 2 aliphatic rings. The normalized spacial score (nSPS) is 22.8. The summed E-state index contributed by atoms with van der Waals surface area (Å²) in [6.07, 6.45) is 7.69. The molecule has 0 heterocycles. The van der Waals surface area contributed by atoms with Gasteiger partial charge in [0.1, 0.15) is 5.75 Å². The van der Waals surface area contributed by atoms with Gasteiger partial charge in [-0.25, -0.2) is 0 Å². The van der Waals surface area contributed by atoms with Crippen molar-refractivity contribution in [2.24, 2.45) is 5.73 Å². The van der Waals surface area contributed by atoms with Gasteiger partial charge in [0.2, 0.25) is 0 Å². The Bertz CT molecular complexity index is 502. The van der Waals surface area contributed by atoms with E-state index in [1.165, 1.54) is 49.7 Å². The molecule has 2 saturated carbocycles. The maximum Gasteiger partial charge on any atom is 0.136 e. The third-order valence-corrected chi connectivity index (χ3v) is 5.90. The maximum absolute atomic E-state index is 6.24. The van der Waals surface area contributed by atoms with Crippen LogP contribution in [0.4, 0.5) is 0 Å². The Morgan fingerprint density at radius 2 is 1.95 bits per heavy atom. The van der Waals surface area contributed by atoms with Crippen molar-refractivity contribution in [2.45, 2.75) is 62.8 Å². The molecular weight excluding hydrogens is 314 g/mol. The van der Waals surface area contributed by atoms with E-state index in [-0.39, 0.29) is 11.5 Å². The molecule has 3 heteroatoms. The second-order valence-corrected chi connectivity index (χ2v) is 7.36. The number of rotatable bonds is 4. The molecule has 1 aromatic rings. The largest absolute Gasteiger partial charge is 0.495 e. The first kappa shape index (κ1) is 14.4. The number of benzene rings is 1. The molecule has 3 rings (SSSR count). The van der Waals surface area contributed by atoms with Crippen LogP contribution in [0.1, 0.15) is 62.5 Å². The van der Waals surface area contributed by atoms with Crippen LogP contribution in [0.25, 0.3) is 0 Å². The molecule has 1 aromatic carbocycles. The van der Waals surface area contributed by atoms with Crippen LogP contribution in [-0.4, -0.2) is 13.2 Å². The maximum atomic E-state index is 6.24. The van der Waals surface area contributed by atoms with Gasteiger partial charge in [-0.3, -0.25) is 0 Å². The zero-order valence-corrected chi connectivity index (χ0v) is 14.0. The highest BCUT2D eigenvalue weighted by atomic mass is 79.9. The standard InChI is InChI=1S/C17H24BrNO/c1-11(19)17(7-8-17)13-9-14(12-5-3-4-6-12)16(20-2)15(18)10-13/h9-12H,3-8,19H2,1-2H3. The van der Waals surface area contributed by atoms with Crippen LogP contribution in [0, 0.1) is 0 Å². The highest BCUT2D eigenvalue weighted by Gasteiger charge is 2.48. The Balaban J connectivity index is 2.05. The summed E-state index contributed by atoms with van der Waals surface area (Å²) in [4.78, 5) is 0. The molecule has 0 amide bonds. The summed E-state index contributed by atoms with van der Waals surface area (Å²) < 4.78 is 6.75. The molecule has 0 aliphatic heterocycles. The monoisotopic (exact) mass is 337 g/mol. The van der Waals surface area contributed by atoms with Crippen molar-refractivity contribution in [1.29, 1.82) is 0 Å². The lowest BCUT2D eigenvalue weighted by atomic mass is 9.85. The van der Waals surface area contributed by atoms with E-state index in [9.17, 15) is 0 Å². The Labute approximate surface area is 130 Å². The van der Waals surface area contributed by atoms with Crippen LogP contribution in [0.2, 0.25) is 0 Å². The van der Waals surface area contributed by atoms with Crippen molar-refractivity contribution in [3.8, 4) is 5.75 Å². The summed E-state index contributed by atoms with van der Waals surface area (Å²) >= 11 is 3.71. The predicted octanol–water partition coefficient (Wildman–Crippen LogP) is 4.49. The van der Waals surface area contributed by atoms with E-state index in [1.807, 2.05) is 0 Å². The zero-order chi connectivity index (χ0) is 14.3. The molecule has 1 atom stereocenters. The number of methoxy groups -OCH3 is 1. The number of ether oxygens (including phenoxy) is 1. The van der Waals surface area contributed by atoms with Gasteiger partial charge >= 0.3 is 0 Å². The van der Waals surface area contributed by atoms with Crippen molar-refractivity contribution in [2.75, 3.05) is 7.11 Å². The van der Waals surface area contributed by atoms with Crippen molar-refractivity contribution in [3.63, 3.8) is 0 Å². The first-order valence-corrected chi connectivity index (χ1v) is 8.51. The highest BCUT2D eigenvalue weighted by Crippen LogP contribution is 2.53. The van der Waals surface area contributed by atoms with Gasteiger partial charge in [-0.1, -0.05) is 18.9 Å². The smallest absolute Gasteiger partial charge is 0.136 e. The van der Waals surface area contributed by atoms with Crippen LogP contribution in [0.3, 0.4) is 0 Å². The van der Waals surface area contributed by atoms with E-state index >= 15 is 0 Å². The molecule has 1 unspecified atom stereocenters. The average Bonchev–Trinajstić information content (AvgIpc) is 3.06. The summed E-state index contributed by atoms with van der Waals surface area (Å²) in [6, 6.07) is 4.84. The Morgan fingerprint density at radius 3 is 2.45 bits per heavy atom. The minimum atomic E-state index is 0.210. The van der Waals surface area contributed by atoms with Gasteiger partial charge in [0.15, 0.2) is 0 Å². The summed E-state index contributed by atoms with van der Waals surface area (Å²) in [5, 5.41) is 0. The third kappa shape index (κ3) is 2.29. The molecule has 20 heavy (non-hydrogen) atoms. The number of hydrogen-bond donors (Lipinski definition) is 1. The van der Waals surface area contributed by atoms with Gasteiger partial charge in [-0.2, -0.15) is 0 Å². The summed E-state index contributed by atoms with van der Waals surface area (Å²) in [6.45, 7) is 2.14. The van der Waals surface area contributed by atoms with Gasteiger partial charge in [0.25, 0.3) is 0 Å². The lowest BCUT2D eigenvalue weighted by Gasteiger charge is -2.24. The van der Waals surface area contributed by atoms with E-state index in [0.29, 0.717) is 5.92 Å². The van der Waals surface area contributed by atoms with E-state index < -0.39 is 0 Å². The SMILES string of the molecule is COc1c(Br)cc(C2(C(C)N)CC2)cc1C1CCCC1. The Kier molecular flexibility index (Phi) is 3.85. The minimum absolute atomic E-state index is 0.210. The second-order valence-electron chi connectivity index (χ2n) is 6.51. The number of halogens is 1. The van der Waals surface area contributed by atoms with Crippen LogP contribution in [-0.2, 0) is 5.41 Å². The molecule has 2 fully saturated rings. The lowest BCUT2D eigenvalue weighted by molar-refractivity contribution is 0.402. The van der Waals surface area contributed by atoms with Crippen molar-refractivity contribution < 1.29 is 4.74 Å². The summed E-state index contributed by atoms with van der Waals surface area (Å²) in [5.41, 5.74) is 9.25. The topological polar surface area (TPSA) is 35.2 Å². The first-order valence-electron chi connectivity index (χ1n) is 7.72. The van der Waals surface area contributed by atoms with Crippen molar-refractivity contribution >= 4 is 15.9 Å². The number of nitrogens with two attached hydrogens (primary N) is 1. The van der Waals surface area contributed by atoms with Crippen molar-refractivity contribution in [1.82, 2.24) is 0 Å². The Morgan fingerprint density at radius 1 is 1.30 bits per heavy atom. The lowest BCUT2D eigenvalue weighted by Crippen LogP contribution is -2.31. The molecule has 0 saturated heterocycles. The van der Waals surface area contributed by atoms with Crippen LogP contribution in [0.5, 0.6) is 5.75 Å². The fourth-order valence-electron chi connectivity index (χ4n) is 3.80. The second kappa shape index (κ2) is 5.34. The average molecular weight is 338 g/mol. The van der Waals surface area contributed by atoms with E-state index in [0.717, 1.165) is 10.2 Å². The van der Waals surface area contributed by atoms with Crippen LogP contribution >= 0.6 is 15.9 Å². The molecule has 0 aromatic heterocycles. The summed E-state index contributed by atoms with van der Waals surface area (Å²) in [7, 11) is 1.77. The zero-order valence-electron chi connectivity index (χ0n) is 12.4. The molecular formula is C17H24BrNO. The van der Waals surface area contributed by atoms with E-state index in [1.54, 1.807) is 7.11 Å².